The van der Waals surface area contributed by atoms with Gasteiger partial charge in [-0.3, -0.25) is 4.90 Å². The number of hydrogen-bond donors (Lipinski definition) is 2. The van der Waals surface area contributed by atoms with Gasteiger partial charge in [-0.25, -0.2) is 4.79 Å². The summed E-state index contributed by atoms with van der Waals surface area (Å²) in [5, 5.41) is 6.05. The van der Waals surface area contributed by atoms with Crippen LogP contribution in [0.4, 0.5) is 4.79 Å². The average Bonchev–Trinajstić information content (AvgIpc) is 2.80. The molecule has 0 saturated carbocycles. The van der Waals surface area contributed by atoms with Crippen LogP contribution in [0.2, 0.25) is 0 Å². The van der Waals surface area contributed by atoms with E-state index in [4.69, 9.17) is 14.2 Å². The first-order valence-corrected chi connectivity index (χ1v) is 10.3. The summed E-state index contributed by atoms with van der Waals surface area (Å²) in [6.45, 7) is 5.43. The lowest BCUT2D eigenvalue weighted by Gasteiger charge is -2.35. The van der Waals surface area contributed by atoms with Gasteiger partial charge in [0.25, 0.3) is 0 Å². The van der Waals surface area contributed by atoms with Gasteiger partial charge in [-0.15, -0.1) is 0 Å². The second-order valence-corrected chi connectivity index (χ2v) is 7.27. The van der Waals surface area contributed by atoms with E-state index >= 15 is 0 Å². The van der Waals surface area contributed by atoms with E-state index in [1.165, 1.54) is 0 Å². The Bertz CT molecular complexity index is 809. The second-order valence-electron chi connectivity index (χ2n) is 7.27. The quantitative estimate of drug-likeness (QED) is 0.696. The monoisotopic (exact) mass is 413 g/mol. The molecule has 2 unspecified atom stereocenters. The Morgan fingerprint density at radius 3 is 2.40 bits per heavy atom. The number of amides is 2. The van der Waals surface area contributed by atoms with Crippen molar-refractivity contribution in [2.24, 2.45) is 0 Å². The van der Waals surface area contributed by atoms with E-state index in [2.05, 4.69) is 15.5 Å². The number of nitrogens with zero attached hydrogens (tertiary/aromatic N) is 1. The van der Waals surface area contributed by atoms with Crippen molar-refractivity contribution in [2.75, 3.05) is 47.1 Å². The highest BCUT2D eigenvalue weighted by Crippen LogP contribution is 2.32. The van der Waals surface area contributed by atoms with Crippen molar-refractivity contribution in [1.29, 1.82) is 0 Å². The van der Waals surface area contributed by atoms with E-state index in [1.807, 2.05) is 55.5 Å². The molecule has 162 valence electrons. The number of ether oxygens (including phenoxy) is 3. The molecule has 2 atom stereocenters. The number of rotatable bonds is 8. The van der Waals surface area contributed by atoms with Gasteiger partial charge in [-0.05, 0) is 30.2 Å². The molecule has 1 heterocycles. The Kier molecular flexibility index (Phi) is 7.93. The number of urea groups is 1. The zero-order chi connectivity index (χ0) is 21.3. The van der Waals surface area contributed by atoms with Crippen LogP contribution in [0, 0.1) is 0 Å². The first-order chi connectivity index (χ1) is 14.6. The van der Waals surface area contributed by atoms with E-state index in [-0.39, 0.29) is 18.1 Å². The molecule has 1 fully saturated rings. The summed E-state index contributed by atoms with van der Waals surface area (Å²) < 4.78 is 16.3. The SMILES string of the molecule is COc1ccc(C(CNC(=O)NC(C)c2ccccc2)N2CCOCC2)cc1OC. The fraction of sp³-hybridized carbons (Fsp3) is 0.435. The van der Waals surface area contributed by atoms with Crippen molar-refractivity contribution >= 4 is 6.03 Å². The van der Waals surface area contributed by atoms with E-state index in [0.29, 0.717) is 31.3 Å². The Hall–Kier alpha value is -2.77. The molecule has 2 aromatic carbocycles. The molecule has 2 N–H and O–H groups in total. The lowest BCUT2D eigenvalue weighted by atomic mass is 10.0. The standard InChI is InChI=1S/C23H31N3O4/c1-17(18-7-5-4-6-8-18)25-23(27)24-16-20(26-11-13-30-14-12-26)19-9-10-21(28-2)22(15-19)29-3/h4-10,15,17,20H,11-14,16H2,1-3H3,(H2,24,25,27). The summed E-state index contributed by atoms with van der Waals surface area (Å²) in [4.78, 5) is 14.9. The normalized spacial score (nSPS) is 16.4. The first-order valence-electron chi connectivity index (χ1n) is 10.3. The maximum Gasteiger partial charge on any atom is 0.315 e. The molecule has 7 nitrogen and oxygen atoms in total. The van der Waals surface area contributed by atoms with Gasteiger partial charge in [0.15, 0.2) is 11.5 Å². The molecule has 1 saturated heterocycles. The second kappa shape index (κ2) is 10.8. The maximum absolute atomic E-state index is 12.6. The summed E-state index contributed by atoms with van der Waals surface area (Å²) in [7, 11) is 3.25. The molecule has 0 aromatic heterocycles. The molecule has 30 heavy (non-hydrogen) atoms. The molecule has 1 aliphatic rings. The third kappa shape index (κ3) is 5.64. The lowest BCUT2D eigenvalue weighted by Crippen LogP contribution is -2.46. The summed E-state index contributed by atoms with van der Waals surface area (Å²) >= 11 is 0. The van der Waals surface area contributed by atoms with Crippen LogP contribution >= 0.6 is 0 Å². The Balaban J connectivity index is 1.69. The van der Waals surface area contributed by atoms with Crippen molar-refractivity contribution in [3.63, 3.8) is 0 Å². The molecule has 3 rings (SSSR count). The third-order valence-electron chi connectivity index (χ3n) is 5.38. The highest BCUT2D eigenvalue weighted by Gasteiger charge is 2.24. The third-order valence-corrected chi connectivity index (χ3v) is 5.38. The zero-order valence-electron chi connectivity index (χ0n) is 17.9. The number of benzene rings is 2. The van der Waals surface area contributed by atoms with Crippen molar-refractivity contribution in [3.8, 4) is 11.5 Å². The number of nitrogens with one attached hydrogen (secondary N) is 2. The molecule has 2 amide bonds. The average molecular weight is 414 g/mol. The summed E-state index contributed by atoms with van der Waals surface area (Å²) in [5.41, 5.74) is 2.13. The van der Waals surface area contributed by atoms with Crippen LogP contribution in [0.3, 0.4) is 0 Å². The van der Waals surface area contributed by atoms with Gasteiger partial charge in [0.2, 0.25) is 0 Å². The molecule has 0 bridgehead atoms. The minimum atomic E-state index is -0.190. The zero-order valence-corrected chi connectivity index (χ0v) is 17.9. The van der Waals surface area contributed by atoms with Gasteiger partial charge in [0.05, 0.1) is 39.5 Å². The van der Waals surface area contributed by atoms with Gasteiger partial charge >= 0.3 is 6.03 Å². The fourth-order valence-corrected chi connectivity index (χ4v) is 3.67. The maximum atomic E-state index is 12.6. The molecule has 0 radical (unpaired) electrons. The van der Waals surface area contributed by atoms with E-state index < -0.39 is 0 Å². The topological polar surface area (TPSA) is 72.1 Å². The molecular formula is C23H31N3O4. The predicted molar refractivity (Wildman–Crippen MR) is 116 cm³/mol. The minimum Gasteiger partial charge on any atom is -0.493 e. The van der Waals surface area contributed by atoms with Crippen LogP contribution in [0.25, 0.3) is 0 Å². The van der Waals surface area contributed by atoms with Gasteiger partial charge in [-0.2, -0.15) is 0 Å². The number of carbonyl (C=O) groups excluding carboxylic acids is 1. The van der Waals surface area contributed by atoms with Crippen LogP contribution in [-0.4, -0.2) is 58.0 Å². The number of carbonyl (C=O) groups is 1. The molecule has 7 heteroatoms. The van der Waals surface area contributed by atoms with E-state index in [0.717, 1.165) is 24.2 Å². The van der Waals surface area contributed by atoms with Crippen LogP contribution in [0.5, 0.6) is 11.5 Å². The Labute approximate surface area is 178 Å². The van der Waals surface area contributed by atoms with Gasteiger partial charge in [-0.1, -0.05) is 36.4 Å². The van der Waals surface area contributed by atoms with Gasteiger partial charge in [0, 0.05) is 19.6 Å². The number of morpholine rings is 1. The van der Waals surface area contributed by atoms with E-state index in [1.54, 1.807) is 14.2 Å². The molecule has 0 spiro atoms. The molecule has 1 aliphatic heterocycles. The highest BCUT2D eigenvalue weighted by molar-refractivity contribution is 5.74. The van der Waals surface area contributed by atoms with Crippen molar-refractivity contribution in [3.05, 3.63) is 59.7 Å². The smallest absolute Gasteiger partial charge is 0.315 e. The summed E-state index contributed by atoms with van der Waals surface area (Å²) in [6.07, 6.45) is 0. The molecule has 0 aliphatic carbocycles. The Morgan fingerprint density at radius 1 is 1.03 bits per heavy atom. The highest BCUT2D eigenvalue weighted by atomic mass is 16.5. The fourth-order valence-electron chi connectivity index (χ4n) is 3.67. The number of hydrogen-bond acceptors (Lipinski definition) is 5. The summed E-state index contributed by atoms with van der Waals surface area (Å²) in [6, 6.07) is 15.6. The van der Waals surface area contributed by atoms with Crippen LogP contribution in [-0.2, 0) is 4.74 Å². The summed E-state index contributed by atoms with van der Waals surface area (Å²) in [5.74, 6) is 1.36. The van der Waals surface area contributed by atoms with Crippen LogP contribution in [0.1, 0.15) is 30.1 Å². The van der Waals surface area contributed by atoms with Gasteiger partial charge < -0.3 is 24.8 Å². The van der Waals surface area contributed by atoms with Crippen molar-refractivity contribution in [1.82, 2.24) is 15.5 Å². The van der Waals surface area contributed by atoms with Crippen molar-refractivity contribution in [2.45, 2.75) is 19.0 Å². The van der Waals surface area contributed by atoms with E-state index in [9.17, 15) is 4.79 Å². The largest absolute Gasteiger partial charge is 0.493 e. The van der Waals surface area contributed by atoms with Crippen LogP contribution in [0.15, 0.2) is 48.5 Å². The molecular weight excluding hydrogens is 382 g/mol. The van der Waals surface area contributed by atoms with Crippen molar-refractivity contribution < 1.29 is 19.0 Å². The first kappa shape index (κ1) is 21.9. The predicted octanol–water partition coefficient (Wildman–Crippen LogP) is 3.14. The van der Waals surface area contributed by atoms with Crippen LogP contribution < -0.4 is 20.1 Å². The minimum absolute atomic E-state index is 0.00601. The molecule has 2 aromatic rings. The number of methoxy groups -OCH3 is 2. The lowest BCUT2D eigenvalue weighted by molar-refractivity contribution is 0.0166. The Morgan fingerprint density at radius 2 is 1.73 bits per heavy atom. The van der Waals surface area contributed by atoms with Gasteiger partial charge in [0.1, 0.15) is 0 Å².